The molecule has 0 radical (unpaired) electrons. The summed E-state index contributed by atoms with van der Waals surface area (Å²) in [7, 11) is 0. The molecule has 2 N–H and O–H groups in total. The Kier molecular flexibility index (Phi) is 4.75. The number of imidazole rings is 1. The van der Waals surface area contributed by atoms with E-state index >= 15 is 0 Å². The molecular formula is C14H27N3. The van der Waals surface area contributed by atoms with Crippen LogP contribution < -0.4 is 5.73 Å². The first kappa shape index (κ1) is 14.2. The Balaban J connectivity index is 2.69. The lowest BCUT2D eigenvalue weighted by Gasteiger charge is -2.29. The van der Waals surface area contributed by atoms with Crippen LogP contribution in [0.2, 0.25) is 0 Å². The summed E-state index contributed by atoms with van der Waals surface area (Å²) in [5.41, 5.74) is 6.59. The summed E-state index contributed by atoms with van der Waals surface area (Å²) in [6, 6.07) is 0.0470. The lowest BCUT2D eigenvalue weighted by Crippen LogP contribution is -2.25. The fourth-order valence-electron chi connectivity index (χ4n) is 1.92. The third-order valence-electron chi connectivity index (χ3n) is 3.63. The molecule has 0 spiro atoms. The van der Waals surface area contributed by atoms with E-state index < -0.39 is 0 Å². The zero-order valence-corrected chi connectivity index (χ0v) is 11.9. The average Bonchev–Trinajstić information content (AvgIpc) is 2.65. The fraction of sp³-hybridized carbons (Fsp3) is 0.786. The van der Waals surface area contributed by atoms with Gasteiger partial charge >= 0.3 is 0 Å². The molecule has 0 aliphatic heterocycles. The molecule has 1 heterocycles. The summed E-state index contributed by atoms with van der Waals surface area (Å²) in [5, 5.41) is 0. The number of nitrogens with two attached hydrogens (primary N) is 1. The van der Waals surface area contributed by atoms with Gasteiger partial charge < -0.3 is 10.3 Å². The van der Waals surface area contributed by atoms with Gasteiger partial charge in [-0.1, -0.05) is 34.6 Å². The van der Waals surface area contributed by atoms with Gasteiger partial charge in [-0.2, -0.15) is 0 Å². The summed E-state index contributed by atoms with van der Waals surface area (Å²) in [4.78, 5) is 4.41. The number of nitrogens with zero attached hydrogens (tertiary/aromatic N) is 2. The van der Waals surface area contributed by atoms with Crippen LogP contribution in [0.4, 0.5) is 0 Å². The zero-order valence-electron chi connectivity index (χ0n) is 11.9. The van der Waals surface area contributed by atoms with Crippen LogP contribution in [0.25, 0.3) is 0 Å². The van der Waals surface area contributed by atoms with Crippen molar-refractivity contribution in [2.24, 2.45) is 17.1 Å². The second kappa shape index (κ2) is 5.67. The van der Waals surface area contributed by atoms with Crippen molar-refractivity contribution in [1.29, 1.82) is 0 Å². The average molecular weight is 237 g/mol. The maximum absolute atomic E-state index is 6.28. The minimum Gasteiger partial charge on any atom is -0.334 e. The van der Waals surface area contributed by atoms with Gasteiger partial charge in [0.15, 0.2) is 0 Å². The summed E-state index contributed by atoms with van der Waals surface area (Å²) in [6.07, 6.45) is 5.99. The third-order valence-corrected chi connectivity index (χ3v) is 3.63. The quantitative estimate of drug-likeness (QED) is 0.853. The fourth-order valence-corrected chi connectivity index (χ4v) is 1.92. The van der Waals surface area contributed by atoms with Crippen molar-refractivity contribution < 1.29 is 0 Å². The normalized spacial score (nSPS) is 15.9. The predicted octanol–water partition coefficient (Wildman–Crippen LogP) is 3.37. The van der Waals surface area contributed by atoms with Crippen LogP contribution in [-0.2, 0) is 6.54 Å². The lowest BCUT2D eigenvalue weighted by atomic mass is 9.78. The molecule has 17 heavy (non-hydrogen) atoms. The van der Waals surface area contributed by atoms with Gasteiger partial charge in [0.05, 0.1) is 6.04 Å². The Hall–Kier alpha value is -0.830. The molecule has 0 aliphatic carbocycles. The molecule has 2 unspecified atom stereocenters. The van der Waals surface area contributed by atoms with E-state index in [-0.39, 0.29) is 6.04 Å². The molecule has 0 bridgehead atoms. The highest BCUT2D eigenvalue weighted by atomic mass is 15.1. The summed E-state index contributed by atoms with van der Waals surface area (Å²) >= 11 is 0. The number of aryl methyl sites for hydroxylation is 1. The maximum Gasteiger partial charge on any atom is 0.125 e. The van der Waals surface area contributed by atoms with Crippen LogP contribution in [0.5, 0.6) is 0 Å². The molecule has 0 aliphatic rings. The molecule has 0 amide bonds. The summed E-state index contributed by atoms with van der Waals surface area (Å²) in [6.45, 7) is 12.3. The van der Waals surface area contributed by atoms with Crippen molar-refractivity contribution in [1.82, 2.24) is 9.55 Å². The van der Waals surface area contributed by atoms with E-state index in [1.165, 1.54) is 0 Å². The van der Waals surface area contributed by atoms with Gasteiger partial charge in [0.2, 0.25) is 0 Å². The second-order valence-electron chi connectivity index (χ2n) is 6.09. The van der Waals surface area contributed by atoms with Crippen LogP contribution in [-0.4, -0.2) is 9.55 Å². The van der Waals surface area contributed by atoms with E-state index in [1.807, 2.05) is 12.4 Å². The van der Waals surface area contributed by atoms with Crippen LogP contribution >= 0.6 is 0 Å². The largest absolute Gasteiger partial charge is 0.334 e. The first-order valence-electron chi connectivity index (χ1n) is 6.62. The van der Waals surface area contributed by atoms with E-state index in [0.717, 1.165) is 25.2 Å². The van der Waals surface area contributed by atoms with Crippen LogP contribution in [0.15, 0.2) is 12.4 Å². The Morgan fingerprint density at radius 3 is 2.59 bits per heavy atom. The molecule has 3 nitrogen and oxygen atoms in total. The van der Waals surface area contributed by atoms with Crippen molar-refractivity contribution in [2.75, 3.05) is 0 Å². The zero-order chi connectivity index (χ0) is 13.1. The minimum absolute atomic E-state index is 0.0470. The molecule has 2 atom stereocenters. The highest BCUT2D eigenvalue weighted by molar-refractivity contribution is 4.99. The summed E-state index contributed by atoms with van der Waals surface area (Å²) in [5.74, 6) is 1.62. The molecule has 1 aromatic rings. The standard InChI is InChI=1S/C14H27N3/c1-6-8-17-9-7-16-13(17)12(15)10-11(2)14(3,4)5/h7,9,11-12H,6,8,10,15H2,1-5H3. The molecule has 3 heteroatoms. The predicted molar refractivity (Wildman–Crippen MR) is 72.7 cm³/mol. The third kappa shape index (κ3) is 3.84. The number of hydrogen-bond acceptors (Lipinski definition) is 2. The van der Waals surface area contributed by atoms with Gasteiger partial charge in [-0.05, 0) is 24.2 Å². The van der Waals surface area contributed by atoms with Gasteiger partial charge in [0.1, 0.15) is 5.82 Å². The van der Waals surface area contributed by atoms with E-state index in [2.05, 4.69) is 44.2 Å². The monoisotopic (exact) mass is 237 g/mol. The molecule has 0 saturated heterocycles. The highest BCUT2D eigenvalue weighted by Crippen LogP contribution is 2.31. The van der Waals surface area contributed by atoms with E-state index in [1.54, 1.807) is 0 Å². The van der Waals surface area contributed by atoms with Gasteiger partial charge in [0, 0.05) is 18.9 Å². The van der Waals surface area contributed by atoms with Crippen molar-refractivity contribution in [3.8, 4) is 0 Å². The highest BCUT2D eigenvalue weighted by Gasteiger charge is 2.24. The van der Waals surface area contributed by atoms with Crippen molar-refractivity contribution >= 4 is 0 Å². The van der Waals surface area contributed by atoms with E-state index in [4.69, 9.17) is 5.73 Å². The molecule has 0 saturated carbocycles. The lowest BCUT2D eigenvalue weighted by molar-refractivity contribution is 0.230. The van der Waals surface area contributed by atoms with Crippen LogP contribution in [0.1, 0.15) is 59.3 Å². The van der Waals surface area contributed by atoms with Gasteiger partial charge in [0.25, 0.3) is 0 Å². The van der Waals surface area contributed by atoms with Crippen LogP contribution in [0.3, 0.4) is 0 Å². The molecular weight excluding hydrogens is 210 g/mol. The van der Waals surface area contributed by atoms with Crippen molar-refractivity contribution in [3.63, 3.8) is 0 Å². The first-order chi connectivity index (χ1) is 7.86. The maximum atomic E-state index is 6.28. The first-order valence-corrected chi connectivity index (χ1v) is 6.62. The molecule has 1 aromatic heterocycles. The van der Waals surface area contributed by atoms with Gasteiger partial charge in [-0.15, -0.1) is 0 Å². The molecule has 98 valence electrons. The minimum atomic E-state index is 0.0470. The van der Waals surface area contributed by atoms with E-state index in [9.17, 15) is 0 Å². The van der Waals surface area contributed by atoms with Crippen molar-refractivity contribution in [3.05, 3.63) is 18.2 Å². The smallest absolute Gasteiger partial charge is 0.125 e. The second-order valence-corrected chi connectivity index (χ2v) is 6.09. The molecule has 1 rings (SSSR count). The number of aromatic nitrogens is 2. The van der Waals surface area contributed by atoms with Crippen molar-refractivity contribution in [2.45, 2.75) is 60.0 Å². The van der Waals surface area contributed by atoms with Crippen LogP contribution in [0, 0.1) is 11.3 Å². The number of rotatable bonds is 5. The summed E-state index contributed by atoms with van der Waals surface area (Å²) < 4.78 is 2.18. The Labute approximate surface area is 105 Å². The Morgan fingerprint density at radius 2 is 2.06 bits per heavy atom. The van der Waals surface area contributed by atoms with Gasteiger partial charge in [-0.25, -0.2) is 4.98 Å². The SMILES string of the molecule is CCCn1ccnc1C(N)CC(C)C(C)(C)C. The van der Waals surface area contributed by atoms with Gasteiger partial charge in [-0.3, -0.25) is 0 Å². The molecule has 0 fully saturated rings. The Morgan fingerprint density at radius 1 is 1.41 bits per heavy atom. The number of hydrogen-bond donors (Lipinski definition) is 1. The molecule has 0 aromatic carbocycles. The Bertz CT molecular complexity index is 335. The topological polar surface area (TPSA) is 43.8 Å². The van der Waals surface area contributed by atoms with E-state index in [0.29, 0.717) is 11.3 Å².